The number of carbonyl (C=O) groups excluding carboxylic acids is 1. The van der Waals surface area contributed by atoms with E-state index in [0.717, 1.165) is 0 Å². The highest BCUT2D eigenvalue weighted by atomic mass is 16.5. The number of nitrogens with zero attached hydrogens (tertiary/aromatic N) is 2. The normalized spacial score (nSPS) is 11.8. The summed E-state index contributed by atoms with van der Waals surface area (Å²) in [4.78, 5) is 11.6. The number of primary amides is 1. The monoisotopic (exact) mass is 327 g/mol. The maximum atomic E-state index is 11.6. The van der Waals surface area contributed by atoms with E-state index in [-0.39, 0.29) is 0 Å². The molecule has 0 aliphatic carbocycles. The maximum absolute atomic E-state index is 11.6. The SMILES string of the molecule is Cc1cc(Nc2cc(NC(CC(C)C)C(N)=O)ccc2C#N)no1. The molecule has 7 nitrogen and oxygen atoms in total. The molecule has 24 heavy (non-hydrogen) atoms. The van der Waals surface area contributed by atoms with Gasteiger partial charge in [-0.2, -0.15) is 5.26 Å². The first-order valence-corrected chi connectivity index (χ1v) is 7.69. The van der Waals surface area contributed by atoms with E-state index in [2.05, 4.69) is 21.9 Å². The zero-order valence-corrected chi connectivity index (χ0v) is 14.0. The number of nitriles is 1. The predicted molar refractivity (Wildman–Crippen MR) is 91.7 cm³/mol. The van der Waals surface area contributed by atoms with Gasteiger partial charge in [0.2, 0.25) is 5.91 Å². The molecule has 1 aromatic carbocycles. The third-order valence-corrected chi connectivity index (χ3v) is 3.42. The molecule has 4 N–H and O–H groups in total. The van der Waals surface area contributed by atoms with Gasteiger partial charge < -0.3 is 20.9 Å². The molecular formula is C17H21N5O2. The van der Waals surface area contributed by atoms with E-state index < -0.39 is 11.9 Å². The fourth-order valence-electron chi connectivity index (χ4n) is 2.32. The molecule has 1 atom stereocenters. The highest BCUT2D eigenvalue weighted by molar-refractivity contribution is 5.83. The van der Waals surface area contributed by atoms with Crippen molar-refractivity contribution in [2.75, 3.05) is 10.6 Å². The van der Waals surface area contributed by atoms with Crippen molar-refractivity contribution in [1.29, 1.82) is 5.26 Å². The molecule has 0 aliphatic rings. The second-order valence-corrected chi connectivity index (χ2v) is 6.05. The van der Waals surface area contributed by atoms with Crippen LogP contribution in [0.25, 0.3) is 0 Å². The Kier molecular flexibility index (Phi) is 5.42. The van der Waals surface area contributed by atoms with E-state index in [1.807, 2.05) is 13.8 Å². The summed E-state index contributed by atoms with van der Waals surface area (Å²) in [5.74, 6) is 1.09. The molecule has 0 spiro atoms. The van der Waals surface area contributed by atoms with Gasteiger partial charge in [-0.3, -0.25) is 4.79 Å². The Labute approximate surface area is 140 Å². The molecular weight excluding hydrogens is 306 g/mol. The van der Waals surface area contributed by atoms with Crippen LogP contribution < -0.4 is 16.4 Å². The number of amides is 1. The molecule has 1 heterocycles. The number of benzene rings is 1. The number of nitrogens with two attached hydrogens (primary N) is 1. The first-order valence-electron chi connectivity index (χ1n) is 7.69. The summed E-state index contributed by atoms with van der Waals surface area (Å²) in [5.41, 5.74) is 7.19. The third-order valence-electron chi connectivity index (χ3n) is 3.42. The molecule has 0 saturated heterocycles. The quantitative estimate of drug-likeness (QED) is 0.720. The smallest absolute Gasteiger partial charge is 0.239 e. The highest BCUT2D eigenvalue weighted by Gasteiger charge is 2.17. The molecule has 1 amide bonds. The van der Waals surface area contributed by atoms with Crippen molar-refractivity contribution in [2.45, 2.75) is 33.2 Å². The molecule has 0 saturated carbocycles. The lowest BCUT2D eigenvalue weighted by Gasteiger charge is -2.19. The molecule has 0 fully saturated rings. The average Bonchev–Trinajstić information content (AvgIpc) is 2.91. The van der Waals surface area contributed by atoms with Gasteiger partial charge in [0, 0.05) is 11.8 Å². The third kappa shape index (κ3) is 4.49. The minimum Gasteiger partial charge on any atom is -0.374 e. The molecule has 0 radical (unpaired) electrons. The Hall–Kier alpha value is -3.01. The topological polar surface area (TPSA) is 117 Å². The number of aryl methyl sites for hydroxylation is 1. The minimum absolute atomic E-state index is 0.323. The van der Waals surface area contributed by atoms with Crippen molar-refractivity contribution < 1.29 is 9.32 Å². The maximum Gasteiger partial charge on any atom is 0.239 e. The molecule has 126 valence electrons. The van der Waals surface area contributed by atoms with Crippen molar-refractivity contribution >= 4 is 23.1 Å². The van der Waals surface area contributed by atoms with Crippen LogP contribution >= 0.6 is 0 Å². The van der Waals surface area contributed by atoms with Crippen LogP contribution in [0.5, 0.6) is 0 Å². The Bertz CT molecular complexity index is 761. The zero-order valence-electron chi connectivity index (χ0n) is 14.0. The fourth-order valence-corrected chi connectivity index (χ4v) is 2.32. The number of hydrogen-bond donors (Lipinski definition) is 3. The molecule has 0 aliphatic heterocycles. The van der Waals surface area contributed by atoms with Gasteiger partial charge >= 0.3 is 0 Å². The zero-order chi connectivity index (χ0) is 17.7. The number of anilines is 3. The van der Waals surface area contributed by atoms with Gasteiger partial charge in [0.05, 0.1) is 11.3 Å². The second-order valence-electron chi connectivity index (χ2n) is 6.05. The standard InChI is InChI=1S/C17H21N5O2/c1-10(2)6-15(17(19)23)20-13-5-4-12(9-18)14(8-13)21-16-7-11(3)24-22-16/h4-5,7-8,10,15,20H,6H2,1-3H3,(H2,19,23)(H,21,22). The summed E-state index contributed by atoms with van der Waals surface area (Å²) in [7, 11) is 0. The second kappa shape index (κ2) is 7.51. The van der Waals surface area contributed by atoms with Crippen molar-refractivity contribution in [3.05, 3.63) is 35.6 Å². The van der Waals surface area contributed by atoms with E-state index in [4.69, 9.17) is 10.3 Å². The number of aromatic nitrogens is 1. The predicted octanol–water partition coefficient (Wildman–Crippen LogP) is 2.91. The Balaban J connectivity index is 2.24. The van der Waals surface area contributed by atoms with Crippen LogP contribution in [0.2, 0.25) is 0 Å². The molecule has 1 unspecified atom stereocenters. The van der Waals surface area contributed by atoms with Crippen LogP contribution in [0, 0.1) is 24.2 Å². The molecule has 0 bridgehead atoms. The lowest BCUT2D eigenvalue weighted by atomic mass is 10.0. The van der Waals surface area contributed by atoms with Gasteiger partial charge in [-0.1, -0.05) is 19.0 Å². The largest absolute Gasteiger partial charge is 0.374 e. The van der Waals surface area contributed by atoms with E-state index >= 15 is 0 Å². The van der Waals surface area contributed by atoms with E-state index in [1.165, 1.54) is 0 Å². The van der Waals surface area contributed by atoms with E-state index in [1.54, 1.807) is 31.2 Å². The summed E-state index contributed by atoms with van der Waals surface area (Å²) in [6.07, 6.45) is 0.626. The summed E-state index contributed by atoms with van der Waals surface area (Å²) in [5, 5.41) is 19.3. The summed E-state index contributed by atoms with van der Waals surface area (Å²) < 4.78 is 5.01. The van der Waals surface area contributed by atoms with Gasteiger partial charge in [0.25, 0.3) is 0 Å². The summed E-state index contributed by atoms with van der Waals surface area (Å²) in [6.45, 7) is 5.83. The van der Waals surface area contributed by atoms with Gasteiger partial charge in [0.1, 0.15) is 17.9 Å². The van der Waals surface area contributed by atoms with E-state index in [9.17, 15) is 10.1 Å². The van der Waals surface area contributed by atoms with Crippen LogP contribution in [0.4, 0.5) is 17.2 Å². The first-order chi connectivity index (χ1) is 11.4. The molecule has 1 aromatic heterocycles. The van der Waals surface area contributed by atoms with Crippen molar-refractivity contribution in [3.63, 3.8) is 0 Å². The lowest BCUT2D eigenvalue weighted by Crippen LogP contribution is -2.36. The van der Waals surface area contributed by atoms with Crippen LogP contribution in [0.1, 0.15) is 31.6 Å². The van der Waals surface area contributed by atoms with Gasteiger partial charge in [0.15, 0.2) is 5.82 Å². The first kappa shape index (κ1) is 17.3. The highest BCUT2D eigenvalue weighted by Crippen LogP contribution is 2.25. The molecule has 2 aromatic rings. The Morgan fingerprint density at radius 1 is 1.42 bits per heavy atom. The van der Waals surface area contributed by atoms with Crippen molar-refractivity contribution in [2.24, 2.45) is 11.7 Å². The van der Waals surface area contributed by atoms with Gasteiger partial charge in [-0.25, -0.2) is 0 Å². The fraction of sp³-hybridized carbons (Fsp3) is 0.353. The van der Waals surface area contributed by atoms with Crippen molar-refractivity contribution in [3.8, 4) is 6.07 Å². The number of hydrogen-bond acceptors (Lipinski definition) is 6. The number of rotatable bonds is 7. The molecule has 2 rings (SSSR count). The lowest BCUT2D eigenvalue weighted by molar-refractivity contribution is -0.119. The number of carbonyl (C=O) groups is 1. The van der Waals surface area contributed by atoms with E-state index in [0.29, 0.717) is 40.9 Å². The Morgan fingerprint density at radius 2 is 2.17 bits per heavy atom. The van der Waals surface area contributed by atoms with Crippen LogP contribution in [0.3, 0.4) is 0 Å². The van der Waals surface area contributed by atoms with Gasteiger partial charge in [-0.05, 0) is 37.5 Å². The minimum atomic E-state index is -0.472. The van der Waals surface area contributed by atoms with Crippen LogP contribution in [-0.2, 0) is 4.79 Å². The summed E-state index contributed by atoms with van der Waals surface area (Å²) in [6, 6.07) is 8.54. The van der Waals surface area contributed by atoms with Crippen LogP contribution in [0.15, 0.2) is 28.8 Å². The Morgan fingerprint density at radius 3 is 2.71 bits per heavy atom. The summed E-state index contributed by atoms with van der Waals surface area (Å²) >= 11 is 0. The molecule has 7 heteroatoms. The number of nitrogens with one attached hydrogen (secondary N) is 2. The van der Waals surface area contributed by atoms with Gasteiger partial charge in [-0.15, -0.1) is 0 Å². The van der Waals surface area contributed by atoms with Crippen molar-refractivity contribution in [1.82, 2.24) is 5.16 Å². The van der Waals surface area contributed by atoms with Crippen LogP contribution in [-0.4, -0.2) is 17.1 Å². The average molecular weight is 327 g/mol.